The van der Waals surface area contributed by atoms with Gasteiger partial charge in [0, 0.05) is 18.2 Å². The number of halogens is 1. The number of nitro benzene ring substituents is 1. The molecule has 0 spiro atoms. The van der Waals surface area contributed by atoms with Gasteiger partial charge in [-0.3, -0.25) is 10.1 Å². The number of rotatable bonds is 3. The van der Waals surface area contributed by atoms with E-state index < -0.39 is 4.92 Å². The van der Waals surface area contributed by atoms with E-state index in [2.05, 4.69) is 0 Å². The third kappa shape index (κ3) is 3.47. The number of nitrogens with zero attached hydrogens (tertiary/aromatic N) is 2. The van der Waals surface area contributed by atoms with Gasteiger partial charge in [-0.15, -0.1) is 0 Å². The van der Waals surface area contributed by atoms with Gasteiger partial charge in [0.1, 0.15) is 14.1 Å². The van der Waals surface area contributed by atoms with Crippen molar-refractivity contribution in [2.75, 3.05) is 14.1 Å². The third-order valence-electron chi connectivity index (χ3n) is 1.87. The van der Waals surface area contributed by atoms with Gasteiger partial charge in [0.2, 0.25) is 0 Å². The monoisotopic (exact) mass is 239 g/mol. The summed E-state index contributed by atoms with van der Waals surface area (Å²) in [4.78, 5) is 10.0. The van der Waals surface area contributed by atoms with Crippen molar-refractivity contribution in [3.63, 3.8) is 0 Å². The number of allylic oxidation sites excluding steroid dienone is 1. The van der Waals surface area contributed by atoms with Gasteiger partial charge < -0.3 is 0 Å². The molecule has 0 radical (unpaired) electrons. The highest BCUT2D eigenvalue weighted by Crippen LogP contribution is 2.21. The second-order valence-electron chi connectivity index (χ2n) is 3.43. The van der Waals surface area contributed by atoms with E-state index in [0.717, 1.165) is 5.56 Å². The smallest absolute Gasteiger partial charge is 0.258 e. The van der Waals surface area contributed by atoms with Crippen molar-refractivity contribution >= 4 is 28.5 Å². The van der Waals surface area contributed by atoms with Crippen molar-refractivity contribution in [1.29, 1.82) is 0 Å². The quantitative estimate of drug-likeness (QED) is 0.352. The molecule has 0 aliphatic rings. The maximum absolute atomic E-state index is 10.4. The van der Waals surface area contributed by atoms with Crippen molar-refractivity contribution in [1.82, 2.24) is 0 Å². The predicted molar refractivity (Wildman–Crippen MR) is 65.1 cm³/mol. The molecule has 0 saturated carbocycles. The van der Waals surface area contributed by atoms with Gasteiger partial charge in [-0.1, -0.05) is 11.6 Å². The van der Waals surface area contributed by atoms with Crippen LogP contribution in [0.3, 0.4) is 0 Å². The van der Waals surface area contributed by atoms with Gasteiger partial charge in [-0.25, -0.2) is 4.58 Å². The van der Waals surface area contributed by atoms with E-state index >= 15 is 0 Å². The second kappa shape index (κ2) is 5.42. The standard InChI is InChI=1S/C11H12ClN2O2/c1-13(2)8-7-11(12)9-3-5-10(6-4-9)14(15)16/h3-8H,1-2H3/q+1/b11-7-. The van der Waals surface area contributed by atoms with Gasteiger partial charge in [0.15, 0.2) is 6.21 Å². The van der Waals surface area contributed by atoms with Crippen LogP contribution in [-0.4, -0.2) is 29.8 Å². The van der Waals surface area contributed by atoms with Crippen molar-refractivity contribution in [3.8, 4) is 0 Å². The fraction of sp³-hybridized carbons (Fsp3) is 0.182. The second-order valence-corrected chi connectivity index (χ2v) is 3.84. The van der Waals surface area contributed by atoms with E-state index in [-0.39, 0.29) is 5.69 Å². The molecule has 1 aromatic rings. The normalized spacial score (nSPS) is 11.1. The molecule has 0 aliphatic carbocycles. The van der Waals surface area contributed by atoms with E-state index in [1.165, 1.54) is 12.1 Å². The first kappa shape index (κ1) is 12.4. The molecule has 5 heteroatoms. The molecule has 4 nitrogen and oxygen atoms in total. The summed E-state index contributed by atoms with van der Waals surface area (Å²) in [5.41, 5.74) is 0.815. The first-order chi connectivity index (χ1) is 7.50. The topological polar surface area (TPSA) is 46.1 Å². The molecule has 0 bridgehead atoms. The highest BCUT2D eigenvalue weighted by atomic mass is 35.5. The molecule has 0 heterocycles. The van der Waals surface area contributed by atoms with Crippen LogP contribution in [0.4, 0.5) is 5.69 Å². The van der Waals surface area contributed by atoms with Crippen LogP contribution in [0.1, 0.15) is 5.56 Å². The fourth-order valence-corrected chi connectivity index (χ4v) is 1.24. The lowest BCUT2D eigenvalue weighted by Crippen LogP contribution is -1.95. The van der Waals surface area contributed by atoms with Crippen LogP contribution in [0, 0.1) is 10.1 Å². The summed E-state index contributed by atoms with van der Waals surface area (Å²) >= 11 is 6.02. The zero-order valence-corrected chi connectivity index (χ0v) is 9.81. The van der Waals surface area contributed by atoms with E-state index in [1.807, 2.05) is 24.9 Å². The molecule has 0 aliphatic heterocycles. The Morgan fingerprint density at radius 1 is 1.31 bits per heavy atom. The Morgan fingerprint density at radius 2 is 1.88 bits per heavy atom. The van der Waals surface area contributed by atoms with Crippen LogP contribution in [0.25, 0.3) is 5.03 Å². The Kier molecular flexibility index (Phi) is 4.19. The van der Waals surface area contributed by atoms with E-state index in [1.54, 1.807) is 18.2 Å². The van der Waals surface area contributed by atoms with Gasteiger partial charge in [-0.2, -0.15) is 0 Å². The summed E-state index contributed by atoms with van der Waals surface area (Å²) in [5, 5.41) is 11.0. The Morgan fingerprint density at radius 3 is 2.31 bits per heavy atom. The molecule has 16 heavy (non-hydrogen) atoms. The van der Waals surface area contributed by atoms with E-state index in [4.69, 9.17) is 11.6 Å². The van der Waals surface area contributed by atoms with Crippen LogP contribution in [0.5, 0.6) is 0 Å². The van der Waals surface area contributed by atoms with Crippen molar-refractivity contribution in [2.24, 2.45) is 0 Å². The van der Waals surface area contributed by atoms with Gasteiger partial charge in [0.05, 0.1) is 9.96 Å². The highest BCUT2D eigenvalue weighted by Gasteiger charge is 2.05. The lowest BCUT2D eigenvalue weighted by Gasteiger charge is -1.97. The molecular weight excluding hydrogens is 228 g/mol. The molecule has 0 fully saturated rings. The summed E-state index contributed by atoms with van der Waals surface area (Å²) in [6.45, 7) is 0. The molecule has 0 saturated heterocycles. The average molecular weight is 240 g/mol. The van der Waals surface area contributed by atoms with Crippen LogP contribution >= 0.6 is 11.6 Å². The lowest BCUT2D eigenvalue weighted by molar-refractivity contribution is -0.458. The van der Waals surface area contributed by atoms with Crippen LogP contribution in [0.15, 0.2) is 30.3 Å². The van der Waals surface area contributed by atoms with Gasteiger partial charge in [0.25, 0.3) is 5.69 Å². The summed E-state index contributed by atoms with van der Waals surface area (Å²) in [6.07, 6.45) is 3.55. The molecule has 1 aromatic carbocycles. The van der Waals surface area contributed by atoms with Crippen LogP contribution < -0.4 is 0 Å². The predicted octanol–water partition coefficient (Wildman–Crippen LogP) is 2.52. The molecule has 0 amide bonds. The maximum atomic E-state index is 10.4. The molecule has 1 rings (SSSR count). The van der Waals surface area contributed by atoms with E-state index in [9.17, 15) is 10.1 Å². The third-order valence-corrected chi connectivity index (χ3v) is 2.22. The Balaban J connectivity index is 2.94. The Bertz CT molecular complexity index is 446. The molecule has 0 N–H and O–H groups in total. The zero-order valence-electron chi connectivity index (χ0n) is 9.05. The van der Waals surface area contributed by atoms with E-state index in [0.29, 0.717) is 5.03 Å². The maximum Gasteiger partial charge on any atom is 0.269 e. The summed E-state index contributed by atoms with van der Waals surface area (Å²) in [7, 11) is 3.77. The zero-order chi connectivity index (χ0) is 12.1. The summed E-state index contributed by atoms with van der Waals surface area (Å²) in [6, 6.07) is 6.11. The van der Waals surface area contributed by atoms with Gasteiger partial charge >= 0.3 is 0 Å². The lowest BCUT2D eigenvalue weighted by atomic mass is 10.2. The van der Waals surface area contributed by atoms with Crippen molar-refractivity contribution < 1.29 is 9.50 Å². The van der Waals surface area contributed by atoms with Crippen molar-refractivity contribution in [2.45, 2.75) is 0 Å². The first-order valence-corrected chi connectivity index (χ1v) is 5.00. The van der Waals surface area contributed by atoms with Crippen molar-refractivity contribution in [3.05, 3.63) is 46.0 Å². The van der Waals surface area contributed by atoms with Gasteiger partial charge in [-0.05, 0) is 17.7 Å². The Labute approximate surface area is 98.6 Å². The molecule has 84 valence electrons. The van der Waals surface area contributed by atoms with Crippen LogP contribution in [0.2, 0.25) is 0 Å². The minimum Gasteiger partial charge on any atom is -0.258 e. The molecule has 0 unspecified atom stereocenters. The largest absolute Gasteiger partial charge is 0.269 e. The molecular formula is C11H12ClN2O2+. The first-order valence-electron chi connectivity index (χ1n) is 4.62. The number of nitro groups is 1. The number of non-ortho nitro benzene ring substituents is 1. The number of hydrogen-bond donors (Lipinski definition) is 0. The minimum absolute atomic E-state index is 0.0600. The molecule has 0 atom stereocenters. The highest BCUT2D eigenvalue weighted by molar-refractivity contribution is 6.49. The molecule has 0 aromatic heterocycles. The minimum atomic E-state index is -0.437. The number of hydrogen-bond acceptors (Lipinski definition) is 2. The summed E-state index contributed by atoms with van der Waals surface area (Å²) in [5.74, 6) is 0. The number of benzene rings is 1. The Hall–Kier alpha value is -1.68. The SMILES string of the molecule is C[N+](C)=C/C=C(\Cl)c1ccc([N+](=O)[O-])cc1. The fourth-order valence-electron chi connectivity index (χ4n) is 1.05. The summed E-state index contributed by atoms with van der Waals surface area (Å²) < 4.78 is 1.85. The average Bonchev–Trinajstić information content (AvgIpc) is 2.26. The van der Waals surface area contributed by atoms with Crippen LogP contribution in [-0.2, 0) is 0 Å².